The van der Waals surface area contributed by atoms with Crippen LogP contribution in [0, 0.1) is 5.82 Å². The van der Waals surface area contributed by atoms with Crippen molar-refractivity contribution in [3.8, 4) is 0 Å². The predicted octanol–water partition coefficient (Wildman–Crippen LogP) is 1.87. The molecule has 0 bridgehead atoms. The number of hydrogen-bond donors (Lipinski definition) is 2. The highest BCUT2D eigenvalue weighted by atomic mass is 32.2. The molecule has 3 N–H and O–H groups in total. The Kier molecular flexibility index (Phi) is 4.06. The molecule has 1 amide bonds. The molecule has 1 aromatic carbocycles. The lowest BCUT2D eigenvalue weighted by molar-refractivity contribution is -0.113. The lowest BCUT2D eigenvalue weighted by Gasteiger charge is -2.07. The van der Waals surface area contributed by atoms with Crippen molar-refractivity contribution in [2.45, 2.75) is 5.16 Å². The molecule has 0 radical (unpaired) electrons. The Bertz CT molecular complexity index is 599. The molecule has 19 heavy (non-hydrogen) atoms. The molecule has 7 heteroatoms. The third-order valence-electron chi connectivity index (χ3n) is 2.37. The van der Waals surface area contributed by atoms with E-state index in [9.17, 15) is 9.18 Å². The van der Waals surface area contributed by atoms with Gasteiger partial charge in [0.15, 0.2) is 5.16 Å². The molecule has 1 aromatic heterocycles. The number of halogens is 1. The van der Waals surface area contributed by atoms with Gasteiger partial charge < -0.3 is 15.6 Å². The van der Waals surface area contributed by atoms with E-state index in [-0.39, 0.29) is 17.3 Å². The number of nitrogen functional groups attached to an aromatic ring is 1. The number of hydrogen-bond acceptors (Lipinski definition) is 4. The van der Waals surface area contributed by atoms with Crippen LogP contribution >= 0.6 is 11.8 Å². The molecule has 2 rings (SSSR count). The molecule has 0 aliphatic rings. The first-order chi connectivity index (χ1) is 9.06. The summed E-state index contributed by atoms with van der Waals surface area (Å²) in [5.41, 5.74) is 6.02. The summed E-state index contributed by atoms with van der Waals surface area (Å²) in [7, 11) is 1.84. The van der Waals surface area contributed by atoms with Crippen LogP contribution < -0.4 is 11.1 Å². The second-order valence-electron chi connectivity index (χ2n) is 3.90. The van der Waals surface area contributed by atoms with Crippen molar-refractivity contribution < 1.29 is 9.18 Å². The highest BCUT2D eigenvalue weighted by molar-refractivity contribution is 7.99. The van der Waals surface area contributed by atoms with Gasteiger partial charge in [0.05, 0.1) is 11.4 Å². The van der Waals surface area contributed by atoms with Crippen LogP contribution in [0.5, 0.6) is 0 Å². The van der Waals surface area contributed by atoms with Gasteiger partial charge in [0.25, 0.3) is 0 Å². The zero-order chi connectivity index (χ0) is 13.8. The van der Waals surface area contributed by atoms with Crippen LogP contribution in [-0.4, -0.2) is 21.2 Å². The minimum absolute atomic E-state index is 0.0884. The number of thioether (sulfide) groups is 1. The zero-order valence-electron chi connectivity index (χ0n) is 10.3. The van der Waals surface area contributed by atoms with Crippen LogP contribution in [0.2, 0.25) is 0 Å². The first-order valence-electron chi connectivity index (χ1n) is 5.51. The van der Waals surface area contributed by atoms with Gasteiger partial charge in [-0.05, 0) is 18.2 Å². The third-order valence-corrected chi connectivity index (χ3v) is 3.43. The number of nitrogens with zero attached hydrogens (tertiary/aromatic N) is 2. The number of carbonyl (C=O) groups is 1. The summed E-state index contributed by atoms with van der Waals surface area (Å²) < 4.78 is 15.2. The molecule has 0 unspecified atom stereocenters. The Hall–Kier alpha value is -2.02. The highest BCUT2D eigenvalue weighted by Gasteiger charge is 2.09. The van der Waals surface area contributed by atoms with Gasteiger partial charge in [0.2, 0.25) is 5.91 Å². The monoisotopic (exact) mass is 280 g/mol. The van der Waals surface area contributed by atoms with E-state index < -0.39 is 5.82 Å². The maximum atomic E-state index is 13.4. The van der Waals surface area contributed by atoms with Crippen molar-refractivity contribution in [1.82, 2.24) is 9.55 Å². The minimum Gasteiger partial charge on any atom is -0.399 e. The quantitative estimate of drug-likeness (QED) is 0.662. The van der Waals surface area contributed by atoms with Crippen LogP contribution in [0.25, 0.3) is 0 Å². The van der Waals surface area contributed by atoms with E-state index in [1.165, 1.54) is 30.0 Å². The van der Waals surface area contributed by atoms with Gasteiger partial charge in [-0.25, -0.2) is 9.37 Å². The van der Waals surface area contributed by atoms with E-state index in [0.29, 0.717) is 5.69 Å². The number of nitrogens with two attached hydrogens (primary N) is 1. The summed E-state index contributed by atoms with van der Waals surface area (Å²) in [4.78, 5) is 15.8. The van der Waals surface area contributed by atoms with Crippen molar-refractivity contribution in [2.24, 2.45) is 7.05 Å². The SMILES string of the molecule is Cn1ccnc1SCC(=O)Nc1cc(N)ccc1F. The molecule has 100 valence electrons. The van der Waals surface area contributed by atoms with Gasteiger partial charge in [-0.3, -0.25) is 4.79 Å². The van der Waals surface area contributed by atoms with Crippen LogP contribution in [0.3, 0.4) is 0 Å². The molecular formula is C12H13FN4OS. The average Bonchev–Trinajstić information content (AvgIpc) is 2.77. The largest absolute Gasteiger partial charge is 0.399 e. The second-order valence-corrected chi connectivity index (χ2v) is 4.84. The van der Waals surface area contributed by atoms with E-state index in [0.717, 1.165) is 5.16 Å². The fourth-order valence-corrected chi connectivity index (χ4v) is 2.18. The van der Waals surface area contributed by atoms with E-state index in [4.69, 9.17) is 5.73 Å². The molecule has 0 spiro atoms. The number of rotatable bonds is 4. The number of amides is 1. The summed E-state index contributed by atoms with van der Waals surface area (Å²) >= 11 is 1.28. The Morgan fingerprint density at radius 1 is 1.58 bits per heavy atom. The van der Waals surface area contributed by atoms with Crippen LogP contribution in [-0.2, 0) is 11.8 Å². The van der Waals surface area contributed by atoms with Crippen molar-refractivity contribution in [1.29, 1.82) is 0 Å². The normalized spacial score (nSPS) is 10.4. The van der Waals surface area contributed by atoms with E-state index in [1.807, 2.05) is 7.05 Å². The van der Waals surface area contributed by atoms with E-state index in [2.05, 4.69) is 10.3 Å². The summed E-state index contributed by atoms with van der Waals surface area (Å²) in [5, 5.41) is 3.21. The molecule has 0 aliphatic carbocycles. The number of anilines is 2. The first kappa shape index (κ1) is 13.4. The van der Waals surface area contributed by atoms with Crippen LogP contribution in [0.1, 0.15) is 0 Å². The second kappa shape index (κ2) is 5.75. The standard InChI is InChI=1S/C12H13FN4OS/c1-17-5-4-15-12(17)19-7-11(18)16-10-6-8(14)2-3-9(10)13/h2-6H,7,14H2,1H3,(H,16,18). The lowest BCUT2D eigenvalue weighted by Crippen LogP contribution is -2.15. The topological polar surface area (TPSA) is 72.9 Å². The summed E-state index contributed by atoms with van der Waals surface area (Å²) in [6.07, 6.45) is 3.44. The van der Waals surface area contributed by atoms with Crippen LogP contribution in [0.4, 0.5) is 15.8 Å². The number of imidazole rings is 1. The number of aryl methyl sites for hydroxylation is 1. The maximum Gasteiger partial charge on any atom is 0.234 e. The Morgan fingerprint density at radius 3 is 3.05 bits per heavy atom. The van der Waals surface area contributed by atoms with Crippen LogP contribution in [0.15, 0.2) is 35.7 Å². The third kappa shape index (κ3) is 3.47. The minimum atomic E-state index is -0.510. The van der Waals surface area contributed by atoms with Crippen molar-refractivity contribution in [3.05, 3.63) is 36.4 Å². The van der Waals surface area contributed by atoms with Crippen molar-refractivity contribution >= 4 is 29.0 Å². The van der Waals surface area contributed by atoms with Gasteiger partial charge in [0.1, 0.15) is 5.82 Å². The number of benzene rings is 1. The average molecular weight is 280 g/mol. The Morgan fingerprint density at radius 2 is 2.37 bits per heavy atom. The molecule has 0 saturated carbocycles. The maximum absolute atomic E-state index is 13.4. The lowest BCUT2D eigenvalue weighted by atomic mass is 10.2. The molecule has 1 heterocycles. The fourth-order valence-electron chi connectivity index (χ4n) is 1.45. The van der Waals surface area contributed by atoms with Gasteiger partial charge in [-0.15, -0.1) is 0 Å². The summed E-state index contributed by atoms with van der Waals surface area (Å²) in [6, 6.07) is 4.04. The first-order valence-corrected chi connectivity index (χ1v) is 6.50. The van der Waals surface area contributed by atoms with Gasteiger partial charge in [-0.1, -0.05) is 11.8 Å². The molecule has 0 atom stereocenters. The van der Waals surface area contributed by atoms with Gasteiger partial charge in [0, 0.05) is 25.1 Å². The Balaban J connectivity index is 1.94. The summed E-state index contributed by atoms with van der Waals surface area (Å²) in [5.74, 6) is -0.666. The smallest absolute Gasteiger partial charge is 0.234 e. The molecule has 0 aliphatic heterocycles. The van der Waals surface area contributed by atoms with E-state index in [1.54, 1.807) is 17.0 Å². The molecule has 2 aromatic rings. The Labute approximate surface area is 114 Å². The fraction of sp³-hybridized carbons (Fsp3) is 0.167. The molecular weight excluding hydrogens is 267 g/mol. The van der Waals surface area contributed by atoms with E-state index >= 15 is 0 Å². The zero-order valence-corrected chi connectivity index (χ0v) is 11.1. The number of carbonyl (C=O) groups excluding carboxylic acids is 1. The van der Waals surface area contributed by atoms with Gasteiger partial charge >= 0.3 is 0 Å². The molecule has 5 nitrogen and oxygen atoms in total. The van der Waals surface area contributed by atoms with Crippen molar-refractivity contribution in [2.75, 3.05) is 16.8 Å². The number of nitrogens with one attached hydrogen (secondary N) is 1. The molecule has 0 saturated heterocycles. The molecule has 0 fully saturated rings. The number of aromatic nitrogens is 2. The predicted molar refractivity (Wildman–Crippen MR) is 73.4 cm³/mol. The summed E-state index contributed by atoms with van der Waals surface area (Å²) in [6.45, 7) is 0. The van der Waals surface area contributed by atoms with Gasteiger partial charge in [-0.2, -0.15) is 0 Å². The van der Waals surface area contributed by atoms with Crippen molar-refractivity contribution in [3.63, 3.8) is 0 Å². The highest BCUT2D eigenvalue weighted by Crippen LogP contribution is 2.19.